The number of carbonyl (C=O) groups excluding carboxylic acids is 1. The first-order chi connectivity index (χ1) is 11.0. The number of nitrogens with one attached hydrogen (secondary N) is 2. The van der Waals surface area contributed by atoms with Gasteiger partial charge in [-0.3, -0.25) is 14.2 Å². The molecule has 0 atom stereocenters. The van der Waals surface area contributed by atoms with Crippen molar-refractivity contribution < 1.29 is 13.2 Å². The summed E-state index contributed by atoms with van der Waals surface area (Å²) >= 11 is 0. The van der Waals surface area contributed by atoms with Crippen molar-refractivity contribution in [2.24, 2.45) is 0 Å². The second-order valence-corrected chi connectivity index (χ2v) is 7.09. The highest BCUT2D eigenvalue weighted by Crippen LogP contribution is 2.18. The van der Waals surface area contributed by atoms with E-state index in [4.69, 9.17) is 0 Å². The van der Waals surface area contributed by atoms with E-state index in [0.717, 1.165) is 12.8 Å². The predicted octanol–water partition coefficient (Wildman–Crippen LogP) is 1.27. The molecule has 2 aromatic heterocycles. The van der Waals surface area contributed by atoms with E-state index in [0.29, 0.717) is 19.6 Å². The fraction of sp³-hybridized carbons (Fsp3) is 0.429. The Kier molecular flexibility index (Phi) is 4.12. The fourth-order valence-electron chi connectivity index (χ4n) is 2.53. The lowest BCUT2D eigenvalue weighted by Crippen LogP contribution is -2.27. The molecule has 0 aliphatic carbocycles. The third-order valence-corrected chi connectivity index (χ3v) is 5.13. The number of rotatable bonds is 5. The van der Waals surface area contributed by atoms with Crippen LogP contribution in [0.3, 0.4) is 0 Å². The summed E-state index contributed by atoms with van der Waals surface area (Å²) in [7, 11) is -3.77. The lowest BCUT2D eigenvalue weighted by molar-refractivity contribution is 0.0787. The highest BCUT2D eigenvalue weighted by molar-refractivity contribution is 7.92. The van der Waals surface area contributed by atoms with E-state index in [2.05, 4.69) is 14.8 Å². The second kappa shape index (κ2) is 6.07. The number of aromatic amines is 1. The first kappa shape index (κ1) is 15.6. The van der Waals surface area contributed by atoms with Gasteiger partial charge in [-0.15, -0.1) is 0 Å². The summed E-state index contributed by atoms with van der Waals surface area (Å²) in [5.41, 5.74) is 0.284. The minimum absolute atomic E-state index is 0.0195. The van der Waals surface area contributed by atoms with E-state index in [1.54, 1.807) is 21.8 Å². The standard InChI is InChI=1S/C14H19N5O3S/c1-2-19-8-5-13(16-19)17-23(21,22)11-9-12(15-10-11)14(20)18-6-3-4-7-18/h5,8-10,15H,2-4,6-7H2,1H3,(H,16,17). The number of carbonyl (C=O) groups is 1. The van der Waals surface area contributed by atoms with Gasteiger partial charge in [-0.2, -0.15) is 5.10 Å². The van der Waals surface area contributed by atoms with Gasteiger partial charge in [-0.05, 0) is 25.8 Å². The quantitative estimate of drug-likeness (QED) is 0.858. The Bertz CT molecular complexity index is 802. The smallest absolute Gasteiger partial charge is 0.270 e. The van der Waals surface area contributed by atoms with Crippen molar-refractivity contribution in [3.05, 3.63) is 30.2 Å². The van der Waals surface area contributed by atoms with Crippen molar-refractivity contribution >= 4 is 21.7 Å². The van der Waals surface area contributed by atoms with Crippen molar-refractivity contribution in [1.29, 1.82) is 0 Å². The van der Waals surface area contributed by atoms with Gasteiger partial charge in [0.05, 0.1) is 0 Å². The minimum Gasteiger partial charge on any atom is -0.356 e. The number of nitrogens with zero attached hydrogens (tertiary/aromatic N) is 3. The zero-order valence-electron chi connectivity index (χ0n) is 12.8. The summed E-state index contributed by atoms with van der Waals surface area (Å²) in [4.78, 5) is 16.7. The Morgan fingerprint density at radius 2 is 2.13 bits per heavy atom. The van der Waals surface area contributed by atoms with Crippen molar-refractivity contribution in [3.8, 4) is 0 Å². The van der Waals surface area contributed by atoms with Gasteiger partial charge in [0.2, 0.25) is 0 Å². The van der Waals surface area contributed by atoms with E-state index >= 15 is 0 Å². The highest BCUT2D eigenvalue weighted by atomic mass is 32.2. The van der Waals surface area contributed by atoms with Crippen LogP contribution in [0.5, 0.6) is 0 Å². The van der Waals surface area contributed by atoms with Crippen molar-refractivity contribution in [2.75, 3.05) is 17.8 Å². The number of sulfonamides is 1. The lowest BCUT2D eigenvalue weighted by atomic mass is 10.4. The topological polar surface area (TPSA) is 100 Å². The summed E-state index contributed by atoms with van der Waals surface area (Å²) < 4.78 is 28.7. The Balaban J connectivity index is 1.76. The van der Waals surface area contributed by atoms with E-state index in [1.165, 1.54) is 12.3 Å². The van der Waals surface area contributed by atoms with Gasteiger partial charge in [0.25, 0.3) is 15.9 Å². The van der Waals surface area contributed by atoms with Crippen LogP contribution in [0.4, 0.5) is 5.82 Å². The Morgan fingerprint density at radius 1 is 1.39 bits per heavy atom. The average molecular weight is 337 g/mol. The van der Waals surface area contributed by atoms with E-state index in [-0.39, 0.29) is 22.3 Å². The molecule has 8 nitrogen and oxygen atoms in total. The predicted molar refractivity (Wildman–Crippen MR) is 84.6 cm³/mol. The third-order valence-electron chi connectivity index (χ3n) is 3.79. The van der Waals surface area contributed by atoms with E-state index < -0.39 is 10.0 Å². The van der Waals surface area contributed by atoms with Gasteiger partial charge < -0.3 is 9.88 Å². The maximum atomic E-state index is 12.4. The molecule has 23 heavy (non-hydrogen) atoms. The molecule has 0 unspecified atom stereocenters. The molecule has 1 aliphatic rings. The summed E-state index contributed by atoms with van der Waals surface area (Å²) in [5, 5.41) is 4.09. The molecule has 124 valence electrons. The monoisotopic (exact) mass is 337 g/mol. The van der Waals surface area contributed by atoms with E-state index in [9.17, 15) is 13.2 Å². The molecule has 2 aromatic rings. The SMILES string of the molecule is CCn1ccc(NS(=O)(=O)c2c[nH]c(C(=O)N3CCCC3)c2)n1. The molecule has 0 saturated carbocycles. The summed E-state index contributed by atoms with van der Waals surface area (Å²) in [5.74, 6) is 0.0830. The van der Waals surface area contributed by atoms with Crippen molar-refractivity contribution in [2.45, 2.75) is 31.2 Å². The number of aryl methyl sites for hydroxylation is 1. The van der Waals surface area contributed by atoms with Gasteiger partial charge in [-0.1, -0.05) is 0 Å². The van der Waals surface area contributed by atoms with Gasteiger partial charge in [0.1, 0.15) is 10.6 Å². The molecular formula is C14H19N5O3S. The Hall–Kier alpha value is -2.29. The van der Waals surface area contributed by atoms with Crippen LogP contribution in [0, 0.1) is 0 Å². The maximum absolute atomic E-state index is 12.4. The molecule has 1 saturated heterocycles. The van der Waals surface area contributed by atoms with Crippen molar-refractivity contribution in [1.82, 2.24) is 19.7 Å². The fourth-order valence-corrected chi connectivity index (χ4v) is 3.52. The zero-order chi connectivity index (χ0) is 16.4. The van der Waals surface area contributed by atoms with Gasteiger partial charge in [0, 0.05) is 38.1 Å². The first-order valence-corrected chi connectivity index (χ1v) is 9.02. The van der Waals surface area contributed by atoms with Crippen LogP contribution in [0.2, 0.25) is 0 Å². The summed E-state index contributed by atoms with van der Waals surface area (Å²) in [6, 6.07) is 2.95. The number of likely N-dealkylation sites (tertiary alicyclic amines) is 1. The molecule has 0 bridgehead atoms. The van der Waals surface area contributed by atoms with Crippen LogP contribution in [-0.2, 0) is 16.6 Å². The first-order valence-electron chi connectivity index (χ1n) is 7.53. The second-order valence-electron chi connectivity index (χ2n) is 5.41. The molecular weight excluding hydrogens is 318 g/mol. The number of aromatic nitrogens is 3. The van der Waals surface area contributed by atoms with Crippen LogP contribution in [0.1, 0.15) is 30.3 Å². The van der Waals surface area contributed by atoms with Crippen LogP contribution in [-0.4, -0.2) is 47.1 Å². The van der Waals surface area contributed by atoms with Gasteiger partial charge in [-0.25, -0.2) is 8.42 Å². The number of amides is 1. The minimum atomic E-state index is -3.77. The summed E-state index contributed by atoms with van der Waals surface area (Å²) in [6.45, 7) is 3.99. The number of hydrogen-bond donors (Lipinski definition) is 2. The van der Waals surface area contributed by atoms with Crippen LogP contribution < -0.4 is 4.72 Å². The number of hydrogen-bond acceptors (Lipinski definition) is 4. The van der Waals surface area contributed by atoms with E-state index in [1.807, 2.05) is 6.92 Å². The zero-order valence-corrected chi connectivity index (χ0v) is 13.6. The van der Waals surface area contributed by atoms with Crippen LogP contribution in [0.15, 0.2) is 29.4 Å². The lowest BCUT2D eigenvalue weighted by Gasteiger charge is -2.13. The summed E-state index contributed by atoms with van der Waals surface area (Å²) in [6.07, 6.45) is 4.98. The van der Waals surface area contributed by atoms with Gasteiger partial charge >= 0.3 is 0 Å². The Labute approximate surface area is 134 Å². The van der Waals surface area contributed by atoms with Crippen LogP contribution >= 0.6 is 0 Å². The molecule has 0 radical (unpaired) electrons. The number of anilines is 1. The molecule has 9 heteroatoms. The molecule has 2 N–H and O–H groups in total. The molecule has 1 amide bonds. The largest absolute Gasteiger partial charge is 0.356 e. The molecule has 3 rings (SSSR count). The molecule has 1 aliphatic heterocycles. The highest BCUT2D eigenvalue weighted by Gasteiger charge is 2.24. The number of H-pyrrole nitrogens is 1. The van der Waals surface area contributed by atoms with Gasteiger partial charge in [0.15, 0.2) is 5.82 Å². The Morgan fingerprint density at radius 3 is 2.78 bits per heavy atom. The third kappa shape index (κ3) is 3.24. The van der Waals surface area contributed by atoms with Crippen LogP contribution in [0.25, 0.3) is 0 Å². The molecule has 1 fully saturated rings. The molecule has 0 aromatic carbocycles. The van der Waals surface area contributed by atoms with Crippen molar-refractivity contribution in [3.63, 3.8) is 0 Å². The maximum Gasteiger partial charge on any atom is 0.270 e. The average Bonchev–Trinajstić information content (AvgIpc) is 3.27. The molecule has 0 spiro atoms. The normalized spacial score (nSPS) is 15.1. The molecule has 3 heterocycles.